The third-order valence-corrected chi connectivity index (χ3v) is 12.2. The molecule has 6 rings (SSSR count). The number of carbonyl (C=O) groups excluding carboxylic acids is 2. The van der Waals surface area contributed by atoms with Crippen molar-refractivity contribution in [2.75, 3.05) is 6.61 Å². The van der Waals surface area contributed by atoms with Gasteiger partial charge in [0.2, 0.25) is 0 Å². The average molecular weight is 650 g/mol. The number of benzene rings is 2. The number of hydrogen-bond donors (Lipinski definition) is 6. The minimum absolute atomic E-state index is 0.0214. The van der Waals surface area contributed by atoms with E-state index in [0.29, 0.717) is 17.7 Å². The maximum atomic E-state index is 14.3. The van der Waals surface area contributed by atoms with Crippen LogP contribution in [0, 0.1) is 22.7 Å². The van der Waals surface area contributed by atoms with E-state index in [1.54, 1.807) is 46.8 Å². The molecule has 254 valence electrons. The van der Waals surface area contributed by atoms with Crippen LogP contribution in [0.4, 0.5) is 0 Å². The van der Waals surface area contributed by atoms with E-state index in [2.05, 4.69) is 5.32 Å². The lowest BCUT2D eigenvalue weighted by Gasteiger charge is -2.67. The summed E-state index contributed by atoms with van der Waals surface area (Å²) >= 11 is 0. The van der Waals surface area contributed by atoms with Crippen molar-refractivity contribution in [2.45, 2.75) is 102 Å². The lowest BCUT2D eigenvalue weighted by atomic mass is 9.43. The summed E-state index contributed by atoms with van der Waals surface area (Å²) in [6.07, 6.45) is -6.53. The highest BCUT2D eigenvalue weighted by Crippen LogP contribution is 2.64. The van der Waals surface area contributed by atoms with Gasteiger partial charge in [-0.1, -0.05) is 81.4 Å². The molecule has 11 atom stereocenters. The van der Waals surface area contributed by atoms with Gasteiger partial charge in [0.15, 0.2) is 11.9 Å². The summed E-state index contributed by atoms with van der Waals surface area (Å²) < 4.78 is 11.6. The van der Waals surface area contributed by atoms with Crippen molar-refractivity contribution in [2.24, 2.45) is 22.7 Å². The standard InChI is InChI=1S/C37H47NO9/c1-20-24(47-33(43)30(41)28(23-14-10-7-11-15-23)38-18-22-12-8-6-9-13-22)17-37(45)21(2)31-35(5,25(39)16-26-36(31,44)19-46-26)32(42)29(40)27(20)34(37,3)4/h6-15,21,24-26,28-31,38-41,44-45H,16-19H2,1-5H3. The number of Topliss-reactive ketones (excluding diaryl/α,β-unsaturated/α-hetero) is 1. The Labute approximate surface area is 275 Å². The summed E-state index contributed by atoms with van der Waals surface area (Å²) in [7, 11) is 0. The second-order valence-electron chi connectivity index (χ2n) is 14.8. The van der Waals surface area contributed by atoms with E-state index in [0.717, 1.165) is 5.56 Å². The number of rotatable bonds is 7. The maximum Gasteiger partial charge on any atom is 0.337 e. The molecular weight excluding hydrogens is 602 g/mol. The van der Waals surface area contributed by atoms with Crippen molar-refractivity contribution in [3.63, 3.8) is 0 Å². The molecule has 10 heteroatoms. The number of hydrogen-bond acceptors (Lipinski definition) is 10. The minimum Gasteiger partial charge on any atom is -0.456 e. The van der Waals surface area contributed by atoms with Crippen molar-refractivity contribution in [3.8, 4) is 0 Å². The molecule has 3 fully saturated rings. The van der Waals surface area contributed by atoms with E-state index in [1.807, 2.05) is 48.5 Å². The predicted octanol–water partition coefficient (Wildman–Crippen LogP) is 2.36. The first kappa shape index (κ1) is 33.9. The number of aliphatic hydroxyl groups is 5. The summed E-state index contributed by atoms with van der Waals surface area (Å²) in [4.78, 5) is 28.1. The smallest absolute Gasteiger partial charge is 0.337 e. The highest BCUT2D eigenvalue weighted by molar-refractivity contribution is 5.93. The molecule has 0 amide bonds. The molecule has 2 bridgehead atoms. The van der Waals surface area contributed by atoms with Crippen LogP contribution in [0.2, 0.25) is 0 Å². The Bertz CT molecular complexity index is 1550. The van der Waals surface area contributed by atoms with Crippen LogP contribution in [0.15, 0.2) is 71.8 Å². The molecule has 4 aliphatic rings. The van der Waals surface area contributed by atoms with Gasteiger partial charge < -0.3 is 40.3 Å². The van der Waals surface area contributed by atoms with Crippen molar-refractivity contribution < 1.29 is 44.6 Å². The average Bonchev–Trinajstić information content (AvgIpc) is 3.04. The van der Waals surface area contributed by atoms with E-state index in [4.69, 9.17) is 9.47 Å². The van der Waals surface area contributed by atoms with Crippen molar-refractivity contribution in [3.05, 3.63) is 82.9 Å². The number of aliphatic hydroxyl groups excluding tert-OH is 3. The van der Waals surface area contributed by atoms with Gasteiger partial charge in [0.05, 0.1) is 35.9 Å². The molecule has 1 saturated heterocycles. The van der Waals surface area contributed by atoms with Crippen molar-refractivity contribution in [1.29, 1.82) is 0 Å². The second kappa shape index (κ2) is 11.9. The molecular formula is C37H47NO9. The van der Waals surface area contributed by atoms with Crippen LogP contribution in [0.5, 0.6) is 0 Å². The lowest BCUT2D eigenvalue weighted by molar-refractivity contribution is -0.335. The summed E-state index contributed by atoms with van der Waals surface area (Å²) in [6, 6.07) is 17.8. The Balaban J connectivity index is 1.35. The van der Waals surface area contributed by atoms with E-state index in [1.165, 1.54) is 0 Å². The van der Waals surface area contributed by atoms with Crippen LogP contribution in [0.3, 0.4) is 0 Å². The Morgan fingerprint density at radius 2 is 1.66 bits per heavy atom. The molecule has 2 aromatic rings. The molecule has 47 heavy (non-hydrogen) atoms. The molecule has 11 unspecified atom stereocenters. The van der Waals surface area contributed by atoms with E-state index >= 15 is 0 Å². The maximum absolute atomic E-state index is 14.3. The van der Waals surface area contributed by atoms with E-state index in [-0.39, 0.29) is 25.0 Å². The lowest BCUT2D eigenvalue weighted by Crippen LogP contribution is -2.78. The Morgan fingerprint density at radius 3 is 2.26 bits per heavy atom. The van der Waals surface area contributed by atoms with Crippen LogP contribution in [0.1, 0.15) is 64.6 Å². The number of fused-ring (bicyclic) bond motifs is 5. The summed E-state index contributed by atoms with van der Waals surface area (Å²) in [6.45, 7) is 8.74. The van der Waals surface area contributed by atoms with Crippen LogP contribution in [0.25, 0.3) is 0 Å². The molecule has 10 nitrogen and oxygen atoms in total. The zero-order valence-electron chi connectivity index (χ0n) is 27.6. The second-order valence-corrected chi connectivity index (χ2v) is 14.8. The van der Waals surface area contributed by atoms with Gasteiger partial charge >= 0.3 is 5.97 Å². The number of esters is 1. The van der Waals surface area contributed by atoms with Crippen molar-refractivity contribution in [1.82, 2.24) is 5.32 Å². The molecule has 0 aromatic heterocycles. The van der Waals surface area contributed by atoms with Gasteiger partial charge in [-0.2, -0.15) is 0 Å². The number of nitrogens with one attached hydrogen (secondary N) is 1. The normalized spacial score (nSPS) is 39.0. The van der Waals surface area contributed by atoms with Crippen LogP contribution >= 0.6 is 0 Å². The largest absolute Gasteiger partial charge is 0.456 e. The first-order valence-electron chi connectivity index (χ1n) is 16.5. The predicted molar refractivity (Wildman–Crippen MR) is 171 cm³/mol. The fourth-order valence-corrected chi connectivity index (χ4v) is 9.35. The monoisotopic (exact) mass is 649 g/mol. The highest BCUT2D eigenvalue weighted by Gasteiger charge is 2.74. The van der Waals surface area contributed by atoms with Crippen LogP contribution in [-0.2, 0) is 25.6 Å². The Kier molecular flexibility index (Phi) is 8.57. The quantitative estimate of drug-likeness (QED) is 0.194. The zero-order valence-corrected chi connectivity index (χ0v) is 27.6. The molecule has 3 aliphatic carbocycles. The van der Waals surface area contributed by atoms with Crippen LogP contribution < -0.4 is 5.32 Å². The third kappa shape index (κ3) is 5.03. The number of ketones is 1. The SMILES string of the molecule is CC1=C2C(O)C(=O)C3(C)C(O)CC4OCC4(O)C3C(C)C(O)(CC1OC(=O)C(O)C(NCc1ccccc1)c1ccccc1)C2(C)C. The molecule has 0 radical (unpaired) electrons. The van der Waals surface area contributed by atoms with E-state index in [9.17, 15) is 35.1 Å². The van der Waals surface area contributed by atoms with Gasteiger partial charge in [0.1, 0.15) is 17.8 Å². The minimum atomic E-state index is -1.75. The first-order valence-corrected chi connectivity index (χ1v) is 16.5. The van der Waals surface area contributed by atoms with Gasteiger partial charge in [-0.25, -0.2) is 4.79 Å². The van der Waals surface area contributed by atoms with Gasteiger partial charge in [-0.3, -0.25) is 4.79 Å². The topological polar surface area (TPSA) is 166 Å². The first-order chi connectivity index (χ1) is 22.1. The third-order valence-electron chi connectivity index (χ3n) is 12.2. The zero-order chi connectivity index (χ0) is 34.1. The fraction of sp³-hybridized carbons (Fsp3) is 0.568. The molecule has 2 saturated carbocycles. The summed E-state index contributed by atoms with van der Waals surface area (Å²) in [5, 5.41) is 62.6. The van der Waals surface area contributed by atoms with Gasteiger partial charge in [-0.15, -0.1) is 0 Å². The molecule has 1 aliphatic heterocycles. The van der Waals surface area contributed by atoms with Crippen LogP contribution in [-0.4, -0.2) is 85.6 Å². The summed E-state index contributed by atoms with van der Waals surface area (Å²) in [5.74, 6) is -3.38. The van der Waals surface area contributed by atoms with Gasteiger partial charge in [0.25, 0.3) is 0 Å². The molecule has 6 N–H and O–H groups in total. The Morgan fingerprint density at radius 1 is 1.04 bits per heavy atom. The number of carbonyl (C=O) groups is 2. The molecule has 2 aromatic carbocycles. The fourth-order valence-electron chi connectivity index (χ4n) is 9.35. The molecule has 0 spiro atoms. The highest BCUT2D eigenvalue weighted by atomic mass is 16.6. The molecule has 1 heterocycles. The van der Waals surface area contributed by atoms with Gasteiger partial charge in [-0.05, 0) is 42.0 Å². The van der Waals surface area contributed by atoms with E-state index < -0.39 is 82.2 Å². The van der Waals surface area contributed by atoms with Gasteiger partial charge in [0, 0.05) is 30.7 Å². The number of ether oxygens (including phenoxy) is 2. The summed E-state index contributed by atoms with van der Waals surface area (Å²) in [5.41, 5.74) is -3.78. The Hall–Kier alpha value is -2.96. The van der Waals surface area contributed by atoms with Crippen molar-refractivity contribution >= 4 is 11.8 Å².